The minimum atomic E-state index is -4.72. The van der Waals surface area contributed by atoms with Gasteiger partial charge >= 0.3 is 6.36 Å². The number of thiazole rings is 1. The SMILES string of the molecule is FC(F)(F)Oc1cccc(C=NNc2nc(-c3ccccc3)cs2)c1. The van der Waals surface area contributed by atoms with Crippen molar-refractivity contribution in [2.45, 2.75) is 6.36 Å². The van der Waals surface area contributed by atoms with Crippen LogP contribution in [-0.2, 0) is 0 Å². The van der Waals surface area contributed by atoms with Crippen LogP contribution in [0.4, 0.5) is 18.3 Å². The van der Waals surface area contributed by atoms with Gasteiger partial charge in [-0.25, -0.2) is 4.98 Å². The summed E-state index contributed by atoms with van der Waals surface area (Å²) >= 11 is 1.38. The van der Waals surface area contributed by atoms with E-state index in [2.05, 4.69) is 20.2 Å². The van der Waals surface area contributed by atoms with E-state index in [1.165, 1.54) is 35.8 Å². The van der Waals surface area contributed by atoms with Crippen molar-refractivity contribution < 1.29 is 17.9 Å². The third kappa shape index (κ3) is 5.05. The molecule has 0 amide bonds. The molecule has 1 N–H and O–H groups in total. The summed E-state index contributed by atoms with van der Waals surface area (Å²) in [5.74, 6) is -0.294. The zero-order valence-corrected chi connectivity index (χ0v) is 13.5. The fourth-order valence-corrected chi connectivity index (χ4v) is 2.69. The molecule has 3 aromatic rings. The maximum atomic E-state index is 12.2. The molecule has 0 saturated heterocycles. The maximum absolute atomic E-state index is 12.2. The summed E-state index contributed by atoms with van der Waals surface area (Å²) < 4.78 is 40.5. The molecule has 0 spiro atoms. The molecule has 4 nitrogen and oxygen atoms in total. The molecule has 1 heterocycles. The number of alkyl halides is 3. The molecule has 2 aromatic carbocycles. The molecule has 0 aliphatic carbocycles. The van der Waals surface area contributed by atoms with E-state index in [-0.39, 0.29) is 5.75 Å². The number of aromatic nitrogens is 1. The zero-order chi connectivity index (χ0) is 17.7. The largest absolute Gasteiger partial charge is 0.573 e. The second-order valence-electron chi connectivity index (χ2n) is 4.89. The molecule has 0 atom stereocenters. The molecule has 0 unspecified atom stereocenters. The Bertz CT molecular complexity index is 863. The number of nitrogens with zero attached hydrogens (tertiary/aromatic N) is 2. The molecule has 3 rings (SSSR count). The van der Waals surface area contributed by atoms with Crippen LogP contribution in [-0.4, -0.2) is 17.6 Å². The fourth-order valence-electron chi connectivity index (χ4n) is 2.02. The summed E-state index contributed by atoms with van der Waals surface area (Å²) in [6.45, 7) is 0. The normalized spacial score (nSPS) is 11.6. The molecular formula is C17H12F3N3OS. The number of hydrogen-bond acceptors (Lipinski definition) is 5. The molecular weight excluding hydrogens is 351 g/mol. The highest BCUT2D eigenvalue weighted by Crippen LogP contribution is 2.25. The van der Waals surface area contributed by atoms with Crippen LogP contribution >= 0.6 is 11.3 Å². The predicted molar refractivity (Wildman–Crippen MR) is 91.9 cm³/mol. The molecule has 128 valence electrons. The van der Waals surface area contributed by atoms with Gasteiger partial charge in [0.25, 0.3) is 0 Å². The quantitative estimate of drug-likeness (QED) is 0.503. The molecule has 0 saturated carbocycles. The Labute approximate surface area is 145 Å². The lowest BCUT2D eigenvalue weighted by molar-refractivity contribution is -0.274. The number of benzene rings is 2. The van der Waals surface area contributed by atoms with Crippen molar-refractivity contribution in [3.05, 3.63) is 65.5 Å². The first-order chi connectivity index (χ1) is 12.0. The standard InChI is InChI=1S/C17H12F3N3OS/c18-17(19,20)24-14-8-4-5-12(9-14)10-21-23-16-22-15(11-25-16)13-6-2-1-3-7-13/h1-11H,(H,22,23). The van der Waals surface area contributed by atoms with Gasteiger partial charge in [-0.2, -0.15) is 5.10 Å². The van der Waals surface area contributed by atoms with Gasteiger partial charge in [-0.3, -0.25) is 5.43 Å². The lowest BCUT2D eigenvalue weighted by Crippen LogP contribution is -2.17. The Balaban J connectivity index is 1.64. The summed E-state index contributed by atoms with van der Waals surface area (Å²) in [5, 5.41) is 6.47. The summed E-state index contributed by atoms with van der Waals surface area (Å²) in [7, 11) is 0. The zero-order valence-electron chi connectivity index (χ0n) is 12.7. The third-order valence-electron chi connectivity index (χ3n) is 3.04. The van der Waals surface area contributed by atoms with Crippen LogP contribution in [0, 0.1) is 0 Å². The van der Waals surface area contributed by atoms with E-state index in [0.29, 0.717) is 10.7 Å². The van der Waals surface area contributed by atoms with Gasteiger partial charge in [0.2, 0.25) is 5.13 Å². The fraction of sp³-hybridized carbons (Fsp3) is 0.0588. The summed E-state index contributed by atoms with van der Waals surface area (Å²) in [4.78, 5) is 4.40. The maximum Gasteiger partial charge on any atom is 0.573 e. The lowest BCUT2D eigenvalue weighted by Gasteiger charge is -2.08. The number of ether oxygens (including phenoxy) is 1. The van der Waals surface area contributed by atoms with Gasteiger partial charge in [0.05, 0.1) is 11.9 Å². The Kier molecular flexibility index (Phi) is 4.99. The van der Waals surface area contributed by atoms with Crippen LogP contribution < -0.4 is 10.2 Å². The van der Waals surface area contributed by atoms with Crippen LogP contribution in [0.15, 0.2) is 65.1 Å². The van der Waals surface area contributed by atoms with E-state index in [4.69, 9.17) is 0 Å². The van der Waals surface area contributed by atoms with Gasteiger partial charge in [-0.15, -0.1) is 24.5 Å². The van der Waals surface area contributed by atoms with Gasteiger partial charge in [0.15, 0.2) is 0 Å². The minimum Gasteiger partial charge on any atom is -0.406 e. The van der Waals surface area contributed by atoms with E-state index in [9.17, 15) is 13.2 Å². The number of hydrogen-bond donors (Lipinski definition) is 1. The molecule has 0 aliphatic rings. The first-order valence-corrected chi connectivity index (χ1v) is 8.03. The number of nitrogens with one attached hydrogen (secondary N) is 1. The van der Waals surface area contributed by atoms with Crippen molar-refractivity contribution in [3.63, 3.8) is 0 Å². The molecule has 0 radical (unpaired) electrons. The highest BCUT2D eigenvalue weighted by Gasteiger charge is 2.31. The van der Waals surface area contributed by atoms with Crippen molar-refractivity contribution in [2.75, 3.05) is 5.43 Å². The van der Waals surface area contributed by atoms with Crippen molar-refractivity contribution in [3.8, 4) is 17.0 Å². The monoisotopic (exact) mass is 363 g/mol. The Hall–Kier alpha value is -2.87. The van der Waals surface area contributed by atoms with Crippen LogP contribution in [0.3, 0.4) is 0 Å². The minimum absolute atomic E-state index is 0.294. The average molecular weight is 363 g/mol. The van der Waals surface area contributed by atoms with E-state index < -0.39 is 6.36 Å². The number of hydrazone groups is 1. The second-order valence-corrected chi connectivity index (χ2v) is 5.75. The van der Waals surface area contributed by atoms with E-state index >= 15 is 0 Å². The van der Waals surface area contributed by atoms with Crippen LogP contribution in [0.1, 0.15) is 5.56 Å². The van der Waals surface area contributed by atoms with Crippen LogP contribution in [0.2, 0.25) is 0 Å². The van der Waals surface area contributed by atoms with Crippen molar-refractivity contribution in [2.24, 2.45) is 5.10 Å². The smallest absolute Gasteiger partial charge is 0.406 e. The van der Waals surface area contributed by atoms with E-state index in [1.807, 2.05) is 35.7 Å². The summed E-state index contributed by atoms with van der Waals surface area (Å²) in [6, 6.07) is 15.2. The Morgan fingerprint density at radius 3 is 2.64 bits per heavy atom. The molecule has 0 bridgehead atoms. The first-order valence-electron chi connectivity index (χ1n) is 7.15. The summed E-state index contributed by atoms with van der Waals surface area (Å²) in [6.07, 6.45) is -3.32. The third-order valence-corrected chi connectivity index (χ3v) is 3.79. The highest BCUT2D eigenvalue weighted by atomic mass is 32.1. The van der Waals surface area contributed by atoms with Crippen LogP contribution in [0.5, 0.6) is 5.75 Å². The van der Waals surface area contributed by atoms with Crippen molar-refractivity contribution >= 4 is 22.7 Å². The number of rotatable bonds is 5. The van der Waals surface area contributed by atoms with Crippen molar-refractivity contribution in [1.82, 2.24) is 4.98 Å². The summed E-state index contributed by atoms with van der Waals surface area (Å²) in [5.41, 5.74) is 5.05. The van der Waals surface area contributed by atoms with E-state index in [1.54, 1.807) is 6.07 Å². The molecule has 0 fully saturated rings. The first kappa shape index (κ1) is 17.0. The van der Waals surface area contributed by atoms with Gasteiger partial charge in [-0.1, -0.05) is 42.5 Å². The molecule has 8 heteroatoms. The topological polar surface area (TPSA) is 46.5 Å². The van der Waals surface area contributed by atoms with Gasteiger partial charge in [-0.05, 0) is 17.7 Å². The number of anilines is 1. The van der Waals surface area contributed by atoms with E-state index in [0.717, 1.165) is 11.3 Å². The number of halogens is 3. The van der Waals surface area contributed by atoms with Crippen molar-refractivity contribution in [1.29, 1.82) is 0 Å². The highest BCUT2D eigenvalue weighted by molar-refractivity contribution is 7.14. The van der Waals surface area contributed by atoms with Crippen LogP contribution in [0.25, 0.3) is 11.3 Å². The Morgan fingerprint density at radius 2 is 1.88 bits per heavy atom. The Morgan fingerprint density at radius 1 is 1.08 bits per heavy atom. The van der Waals surface area contributed by atoms with Gasteiger partial charge in [0, 0.05) is 10.9 Å². The molecule has 0 aliphatic heterocycles. The average Bonchev–Trinajstić information content (AvgIpc) is 3.03. The lowest BCUT2D eigenvalue weighted by atomic mass is 10.2. The second kappa shape index (κ2) is 7.35. The van der Waals surface area contributed by atoms with Gasteiger partial charge in [0.1, 0.15) is 5.75 Å². The molecule has 25 heavy (non-hydrogen) atoms. The molecule has 1 aromatic heterocycles. The van der Waals surface area contributed by atoms with Gasteiger partial charge < -0.3 is 4.74 Å². The predicted octanol–water partition coefficient (Wildman–Crippen LogP) is 5.15.